The average molecular weight is 382 g/mol. The molecule has 1 aromatic rings. The molecule has 0 fully saturated rings. The van der Waals surface area contributed by atoms with Crippen molar-refractivity contribution in [1.82, 2.24) is 5.43 Å². The van der Waals surface area contributed by atoms with Gasteiger partial charge in [0.1, 0.15) is 4.47 Å². The van der Waals surface area contributed by atoms with E-state index in [0.29, 0.717) is 13.8 Å². The summed E-state index contributed by atoms with van der Waals surface area (Å²) in [6.45, 7) is 5.36. The largest absolute Gasteiger partial charge is 0.382 e. The van der Waals surface area contributed by atoms with Crippen LogP contribution in [-0.4, -0.2) is 15.3 Å². The van der Waals surface area contributed by atoms with E-state index in [4.69, 9.17) is 0 Å². The lowest BCUT2D eigenvalue weighted by Gasteiger charge is -2.13. The fourth-order valence-corrected chi connectivity index (χ4v) is 2.62. The molecule has 1 N–H and O–H groups in total. The fraction of sp³-hybridized carbons (Fsp3) is 0.400. The summed E-state index contributed by atoms with van der Waals surface area (Å²) in [4.78, 5) is 22.8. The van der Waals surface area contributed by atoms with Gasteiger partial charge < -0.3 is 0 Å². The van der Waals surface area contributed by atoms with Crippen molar-refractivity contribution < 1.29 is 9.79 Å². The van der Waals surface area contributed by atoms with Crippen LogP contribution in [0, 0.1) is 15.0 Å². The lowest BCUT2D eigenvalue weighted by molar-refractivity contribution is -0.548. The van der Waals surface area contributed by atoms with Crippen LogP contribution in [0.15, 0.2) is 21.1 Å². The number of halogens is 2. The van der Waals surface area contributed by atoms with Gasteiger partial charge in [0.05, 0.1) is 15.4 Å². The lowest BCUT2D eigenvalue weighted by Crippen LogP contribution is -2.40. The Labute approximate surface area is 121 Å². The molecule has 0 saturated carbocycles. The van der Waals surface area contributed by atoms with Crippen molar-refractivity contribution in [1.29, 1.82) is 0 Å². The number of nitro groups is 1. The van der Waals surface area contributed by atoms with E-state index in [9.17, 15) is 15.0 Å². The quantitative estimate of drug-likeness (QED) is 0.490. The molecule has 0 bridgehead atoms. The highest BCUT2D eigenvalue weighted by Gasteiger charge is 2.34. The molecule has 0 atom stereocenters. The zero-order valence-corrected chi connectivity index (χ0v) is 13.2. The molecule has 0 aliphatic carbocycles. The Bertz CT molecular complexity index is 512. The van der Waals surface area contributed by atoms with E-state index in [0.717, 1.165) is 0 Å². The van der Waals surface area contributed by atoms with Crippen molar-refractivity contribution >= 4 is 43.2 Å². The highest BCUT2D eigenvalue weighted by molar-refractivity contribution is 9.11. The van der Waals surface area contributed by atoms with Gasteiger partial charge in [0.25, 0.3) is 0 Å². The van der Waals surface area contributed by atoms with E-state index >= 15 is 0 Å². The molecule has 8 heteroatoms. The number of hydrogen-bond donors (Lipinski definition) is 1. The smallest absolute Gasteiger partial charge is 0.258 e. The van der Waals surface area contributed by atoms with Crippen molar-refractivity contribution in [3.05, 3.63) is 36.1 Å². The van der Waals surface area contributed by atoms with Crippen LogP contribution in [0.3, 0.4) is 0 Å². The molecular formula is C10H12Br2N3O3+. The molecule has 0 aliphatic heterocycles. The normalized spacial score (nSPS) is 11.2. The second kappa shape index (κ2) is 5.31. The van der Waals surface area contributed by atoms with Gasteiger partial charge in [-0.05, 0) is 42.8 Å². The standard InChI is InChI=1S/C10H12Br2N3O3/c1-10(2,3)13-14(16)9-7(12)4-6(11)5-8(9)15(17)18/h4-5H,1-3H3,(H,13,16)/q+1. The first-order valence-electron chi connectivity index (χ1n) is 5.00. The van der Waals surface area contributed by atoms with Crippen molar-refractivity contribution in [2.24, 2.45) is 0 Å². The van der Waals surface area contributed by atoms with Crippen LogP contribution >= 0.6 is 31.9 Å². The van der Waals surface area contributed by atoms with Crippen molar-refractivity contribution in [2.75, 3.05) is 0 Å². The number of rotatable bonds is 3. The van der Waals surface area contributed by atoms with Gasteiger partial charge >= 0.3 is 11.4 Å². The third-order valence-electron chi connectivity index (χ3n) is 1.84. The van der Waals surface area contributed by atoms with Crippen LogP contribution in [0.1, 0.15) is 20.8 Å². The van der Waals surface area contributed by atoms with Crippen LogP contribution < -0.4 is 5.43 Å². The van der Waals surface area contributed by atoms with Gasteiger partial charge in [-0.15, -0.1) is 5.43 Å². The topological polar surface area (TPSA) is 75.2 Å². The van der Waals surface area contributed by atoms with Gasteiger partial charge in [0, 0.05) is 10.5 Å². The van der Waals surface area contributed by atoms with Crippen LogP contribution in [-0.2, 0) is 0 Å². The minimum atomic E-state index is -0.597. The van der Waals surface area contributed by atoms with Crippen LogP contribution in [0.5, 0.6) is 0 Å². The first kappa shape index (κ1) is 15.0. The number of hydrazine groups is 1. The van der Waals surface area contributed by atoms with Crippen molar-refractivity contribution in [2.45, 2.75) is 26.3 Å². The van der Waals surface area contributed by atoms with E-state index in [1.54, 1.807) is 26.8 Å². The van der Waals surface area contributed by atoms with E-state index in [2.05, 4.69) is 37.3 Å². The average Bonchev–Trinajstić information content (AvgIpc) is 2.12. The highest BCUT2D eigenvalue weighted by atomic mass is 79.9. The Hall–Kier alpha value is -1.02. The number of nitro benzene ring substituents is 1. The predicted molar refractivity (Wildman–Crippen MR) is 74.7 cm³/mol. The summed E-state index contributed by atoms with van der Waals surface area (Å²) >= 11 is 6.31. The second-order valence-corrected chi connectivity index (χ2v) is 6.44. The third kappa shape index (κ3) is 3.74. The Morgan fingerprint density at radius 1 is 1.22 bits per heavy atom. The SMILES string of the molecule is CC(C)(C)N[N+](=O)c1c(Br)cc(Br)cc1[N+](=O)[O-]. The molecule has 0 radical (unpaired) electrons. The van der Waals surface area contributed by atoms with Gasteiger partial charge in [-0.2, -0.15) is 0 Å². The molecule has 0 amide bonds. The van der Waals surface area contributed by atoms with Crippen LogP contribution in [0.25, 0.3) is 0 Å². The number of nitrogens with zero attached hydrogens (tertiary/aromatic N) is 2. The molecule has 6 nitrogen and oxygen atoms in total. The minimum Gasteiger partial charge on any atom is -0.258 e. The van der Waals surface area contributed by atoms with E-state index < -0.39 is 10.5 Å². The number of nitrogens with one attached hydrogen (secondary N) is 1. The first-order valence-corrected chi connectivity index (χ1v) is 6.59. The molecule has 0 aromatic heterocycles. The Morgan fingerprint density at radius 3 is 2.22 bits per heavy atom. The molecule has 1 rings (SSSR count). The minimum absolute atomic E-state index is 0.0573. The van der Waals surface area contributed by atoms with Crippen LogP contribution in [0.2, 0.25) is 0 Å². The fourth-order valence-electron chi connectivity index (χ4n) is 1.25. The lowest BCUT2D eigenvalue weighted by atomic mass is 10.1. The summed E-state index contributed by atoms with van der Waals surface area (Å²) in [6, 6.07) is 2.87. The number of hydrogen-bond acceptors (Lipinski definition) is 3. The maximum absolute atomic E-state index is 12.0. The highest BCUT2D eigenvalue weighted by Crippen LogP contribution is 2.37. The van der Waals surface area contributed by atoms with Gasteiger partial charge in [-0.25, -0.2) is 0 Å². The summed E-state index contributed by atoms with van der Waals surface area (Å²) < 4.78 is 0.865. The predicted octanol–water partition coefficient (Wildman–Crippen LogP) is 3.83. The van der Waals surface area contributed by atoms with Crippen molar-refractivity contribution in [3.8, 4) is 0 Å². The number of nitroso groups, excluding NO2 is 1. The first-order chi connectivity index (χ1) is 8.11. The van der Waals surface area contributed by atoms with E-state index in [-0.39, 0.29) is 11.4 Å². The van der Waals surface area contributed by atoms with Crippen LogP contribution in [0.4, 0.5) is 11.4 Å². The molecule has 0 saturated heterocycles. The van der Waals surface area contributed by atoms with E-state index in [1.807, 2.05) is 0 Å². The zero-order valence-electron chi connectivity index (χ0n) is 10.0. The summed E-state index contributed by atoms with van der Waals surface area (Å²) in [6.07, 6.45) is 0. The molecule has 0 heterocycles. The van der Waals surface area contributed by atoms with Gasteiger partial charge in [-0.1, -0.05) is 15.9 Å². The van der Waals surface area contributed by atoms with Gasteiger partial charge in [-0.3, -0.25) is 10.1 Å². The molecule has 18 heavy (non-hydrogen) atoms. The van der Waals surface area contributed by atoms with Gasteiger partial charge in [0.15, 0.2) is 4.87 Å². The summed E-state index contributed by atoms with van der Waals surface area (Å²) in [5.41, 5.74) is 1.79. The maximum atomic E-state index is 12.0. The second-order valence-electron chi connectivity index (χ2n) is 4.67. The number of benzene rings is 1. The zero-order chi connectivity index (χ0) is 14.1. The Morgan fingerprint density at radius 2 is 1.78 bits per heavy atom. The Kier molecular flexibility index (Phi) is 4.44. The molecule has 0 spiro atoms. The molecule has 98 valence electrons. The summed E-state index contributed by atoms with van der Waals surface area (Å²) in [5, 5.41) is 11.0. The van der Waals surface area contributed by atoms with E-state index in [1.165, 1.54) is 6.07 Å². The summed E-state index contributed by atoms with van der Waals surface area (Å²) in [7, 11) is 0. The molecule has 0 unspecified atom stereocenters. The maximum Gasteiger partial charge on any atom is 0.382 e. The third-order valence-corrected chi connectivity index (χ3v) is 2.91. The van der Waals surface area contributed by atoms with Crippen molar-refractivity contribution in [3.63, 3.8) is 0 Å². The monoisotopic (exact) mass is 380 g/mol. The van der Waals surface area contributed by atoms with Gasteiger partial charge in [0.2, 0.25) is 0 Å². The summed E-state index contributed by atoms with van der Waals surface area (Å²) in [5.74, 6) is 0. The molecule has 0 aliphatic rings. The Balaban J connectivity index is 3.31. The molecule has 1 aromatic carbocycles. The molecular weight excluding hydrogens is 370 g/mol.